The van der Waals surface area contributed by atoms with E-state index in [2.05, 4.69) is 0 Å². The van der Waals surface area contributed by atoms with Crippen LogP contribution in [-0.4, -0.2) is 22.6 Å². The van der Waals surface area contributed by atoms with E-state index in [1.807, 2.05) is 30.3 Å². The van der Waals surface area contributed by atoms with Crippen molar-refractivity contribution in [1.29, 1.82) is 0 Å². The van der Waals surface area contributed by atoms with Crippen molar-refractivity contribution in [3.8, 4) is 0 Å². The monoisotopic (exact) mass is 224 g/mol. The third-order valence-corrected chi connectivity index (χ3v) is 2.76. The average molecular weight is 224 g/mol. The highest BCUT2D eigenvalue weighted by molar-refractivity contribution is 5.85. The predicted octanol–water partition coefficient (Wildman–Crippen LogP) is 1.39. The van der Waals surface area contributed by atoms with Crippen LogP contribution in [0.5, 0.6) is 0 Å². The highest BCUT2D eigenvalue weighted by Gasteiger charge is 2.47. The Morgan fingerprint density at radius 3 is 2.56 bits per heavy atom. The number of hydrogen-bond donors (Lipinski definition) is 1. The molecule has 0 amide bonds. The van der Waals surface area contributed by atoms with Crippen molar-refractivity contribution in [3.63, 3.8) is 0 Å². The minimum Gasteiger partial charge on any atom is -0.478 e. The first-order valence-electron chi connectivity index (χ1n) is 5.12. The van der Waals surface area contributed by atoms with E-state index in [4.69, 9.17) is 9.84 Å². The number of esters is 1. The molecule has 0 bridgehead atoms. The van der Waals surface area contributed by atoms with Gasteiger partial charge in [-0.05, 0) is 5.56 Å². The largest absolute Gasteiger partial charge is 0.478 e. The van der Waals surface area contributed by atoms with Gasteiger partial charge < -0.3 is 9.84 Å². The number of carboxylic acid groups (broad SMARTS) is 1. The van der Waals surface area contributed by atoms with Gasteiger partial charge in [0.25, 0.3) is 0 Å². The van der Waals surface area contributed by atoms with E-state index < -0.39 is 17.5 Å². The first-order chi connectivity index (χ1) is 7.62. The highest BCUT2D eigenvalue weighted by Crippen LogP contribution is 2.30. The summed E-state index contributed by atoms with van der Waals surface area (Å²) in [5.74, 6) is -1.50. The Kier molecular flexibility index (Phi) is 2.64. The number of carbonyl (C=O) groups is 2. The van der Waals surface area contributed by atoms with Crippen molar-refractivity contribution < 1.29 is 19.4 Å². The second-order valence-corrected chi connectivity index (χ2v) is 3.94. The Balaban J connectivity index is 2.22. The molecule has 1 aromatic rings. The van der Waals surface area contributed by atoms with Gasteiger partial charge >= 0.3 is 11.9 Å². The summed E-state index contributed by atoms with van der Waals surface area (Å²) in [5.41, 5.74) is -0.502. The van der Waals surface area contributed by atoms with Crippen LogP contribution < -0.4 is 0 Å². The summed E-state index contributed by atoms with van der Waals surface area (Å²) in [6.45, 7) is 0. The van der Waals surface area contributed by atoms with Gasteiger partial charge in [-0.2, -0.15) is 0 Å². The number of cyclic esters (lactones) is 1. The minimum absolute atomic E-state index is 0.180. The number of carbonyl (C=O) groups excluding carboxylic acids is 1. The Morgan fingerprint density at radius 1 is 1.38 bits per heavy atom. The summed E-state index contributed by atoms with van der Waals surface area (Å²) in [6, 6.07) is 9.19. The van der Waals surface area contributed by atoms with E-state index in [1.54, 1.807) is 0 Å². The molecule has 0 aromatic heterocycles. The highest BCUT2D eigenvalue weighted by atomic mass is 18.3. The van der Waals surface area contributed by atoms with Crippen LogP contribution in [0.25, 0.3) is 0 Å². The molecular weight excluding hydrogens is 212 g/mol. The Labute approximate surface area is 92.8 Å². The zero-order chi connectivity index (χ0) is 11.6. The molecule has 1 saturated heterocycles. The molecule has 0 spiro atoms. The minimum atomic E-state index is -1.36. The fourth-order valence-corrected chi connectivity index (χ4v) is 1.90. The quantitative estimate of drug-likeness (QED) is 0.622. The summed E-state index contributed by atoms with van der Waals surface area (Å²) in [5, 5.41) is 9.17. The molecule has 2 rings (SSSR count). The van der Waals surface area contributed by atoms with E-state index in [9.17, 15) is 9.59 Å². The number of aliphatic carboxylic acids is 1. The van der Waals surface area contributed by atoms with Crippen molar-refractivity contribution >= 4 is 11.9 Å². The molecule has 84 valence electrons. The van der Waals surface area contributed by atoms with Gasteiger partial charge in [0.15, 0.2) is 0 Å². The molecule has 0 unspecified atom stereocenters. The van der Waals surface area contributed by atoms with E-state index in [-0.39, 0.29) is 19.3 Å². The zero-order valence-electron chi connectivity index (χ0n) is 8.68. The predicted molar refractivity (Wildman–Crippen MR) is 55.8 cm³/mol. The van der Waals surface area contributed by atoms with Crippen LogP contribution in [0.2, 0.25) is 0 Å². The van der Waals surface area contributed by atoms with Gasteiger partial charge in [0.1, 0.15) is 0 Å². The molecule has 1 heterocycles. The molecule has 1 fully saturated rings. The molecule has 1 aliphatic rings. The van der Waals surface area contributed by atoms with E-state index >= 15 is 0 Å². The maximum atomic E-state index is 11.2. The van der Waals surface area contributed by atoms with Crippen LogP contribution in [-0.2, 0) is 20.7 Å². The molecule has 0 saturated carbocycles. The van der Waals surface area contributed by atoms with Gasteiger partial charge in [0.05, 0.1) is 0 Å². The van der Waals surface area contributed by atoms with Gasteiger partial charge in [0.2, 0.25) is 5.60 Å². The van der Waals surface area contributed by atoms with Gasteiger partial charge in [0, 0.05) is 19.3 Å². The van der Waals surface area contributed by atoms with Crippen LogP contribution in [0, 0.1) is 0 Å². The lowest BCUT2D eigenvalue weighted by Gasteiger charge is -2.22. The van der Waals surface area contributed by atoms with E-state index in [0.29, 0.717) is 0 Å². The van der Waals surface area contributed by atoms with E-state index in [0.717, 1.165) is 5.56 Å². The molecular formula is C12H12O4. The molecule has 0 aliphatic carbocycles. The SMILES string of the molecule is O=C1CC[C@](Cc2ccccc2)(C(=O)[18OH])[18O]1. The smallest absolute Gasteiger partial charge is 0.348 e. The van der Waals surface area contributed by atoms with Gasteiger partial charge in [-0.3, -0.25) is 4.79 Å². The second kappa shape index (κ2) is 3.96. The molecule has 1 aromatic carbocycles. The standard InChI is InChI=1S/C12H12O4/c13-10-6-7-12(16-10,11(14)15)8-9-4-2-1-3-5-9/h1-5H,6-8H2,(H,14,15)/t12-/m0/s1/i14+2,16+2. The van der Waals surface area contributed by atoms with Gasteiger partial charge in [-0.1, -0.05) is 30.3 Å². The van der Waals surface area contributed by atoms with Crippen LogP contribution in [0.15, 0.2) is 30.3 Å². The maximum Gasteiger partial charge on any atom is 0.348 e. The third-order valence-electron chi connectivity index (χ3n) is 2.76. The fraction of sp³-hybridized carbons (Fsp3) is 0.333. The summed E-state index contributed by atoms with van der Waals surface area (Å²) >= 11 is 0. The molecule has 1 N–H and O–H groups in total. The fourth-order valence-electron chi connectivity index (χ4n) is 1.90. The van der Waals surface area contributed by atoms with Crippen molar-refractivity contribution in [2.24, 2.45) is 0 Å². The lowest BCUT2D eigenvalue weighted by Crippen LogP contribution is -2.40. The second-order valence-electron chi connectivity index (χ2n) is 3.94. The average Bonchev–Trinajstić information content (AvgIpc) is 2.63. The van der Waals surface area contributed by atoms with Crippen LogP contribution in [0.1, 0.15) is 18.4 Å². The summed E-state index contributed by atoms with van der Waals surface area (Å²) < 4.78 is 4.98. The topological polar surface area (TPSA) is 63.6 Å². The maximum absolute atomic E-state index is 11.2. The van der Waals surface area contributed by atoms with E-state index in [1.165, 1.54) is 0 Å². The number of carboxylic acids is 1. The summed E-state index contributed by atoms with van der Waals surface area (Å²) in [4.78, 5) is 22.3. The normalized spacial score (nSPS) is 24.1. The lowest BCUT2D eigenvalue weighted by atomic mass is 9.93. The molecule has 1 atom stereocenters. The van der Waals surface area contributed by atoms with Crippen molar-refractivity contribution in [2.75, 3.05) is 0 Å². The molecule has 16 heavy (non-hydrogen) atoms. The Bertz CT molecular complexity index is 412. The molecule has 4 nitrogen and oxygen atoms in total. The van der Waals surface area contributed by atoms with Crippen LogP contribution >= 0.6 is 0 Å². The van der Waals surface area contributed by atoms with Crippen LogP contribution in [0.3, 0.4) is 0 Å². The summed E-state index contributed by atoms with van der Waals surface area (Å²) in [7, 11) is 0. The lowest BCUT2D eigenvalue weighted by molar-refractivity contribution is -0.169. The van der Waals surface area contributed by atoms with Gasteiger partial charge in [-0.25, -0.2) is 4.79 Å². The molecule has 1 aliphatic heterocycles. The first kappa shape index (κ1) is 10.7. The van der Waals surface area contributed by atoms with Crippen LogP contribution in [0.4, 0.5) is 0 Å². The number of rotatable bonds is 3. The number of hydrogen-bond acceptors (Lipinski definition) is 3. The first-order valence-corrected chi connectivity index (χ1v) is 5.12. The van der Waals surface area contributed by atoms with Gasteiger partial charge in [-0.15, -0.1) is 0 Å². The molecule has 4 heteroatoms. The molecule has 0 radical (unpaired) electrons. The van der Waals surface area contributed by atoms with Crippen molar-refractivity contribution in [3.05, 3.63) is 35.9 Å². The number of ether oxygens (including phenoxy) is 1. The zero-order valence-corrected chi connectivity index (χ0v) is 8.68. The van der Waals surface area contributed by atoms with Crippen molar-refractivity contribution in [2.45, 2.75) is 24.9 Å². The Hall–Kier alpha value is -1.84. The Morgan fingerprint density at radius 2 is 2.06 bits per heavy atom. The third kappa shape index (κ3) is 1.91. The summed E-state index contributed by atoms with van der Waals surface area (Å²) in [6.07, 6.45) is 0.657. The number of benzene rings is 1. The van der Waals surface area contributed by atoms with Crippen molar-refractivity contribution in [1.82, 2.24) is 0 Å².